The van der Waals surface area contributed by atoms with Crippen LogP contribution in [0.3, 0.4) is 0 Å². The summed E-state index contributed by atoms with van der Waals surface area (Å²) in [5, 5.41) is 0.644. The highest BCUT2D eigenvalue weighted by atomic mass is 35.5. The first kappa shape index (κ1) is 25.6. The number of alkyl halides is 2. The van der Waals surface area contributed by atoms with Gasteiger partial charge in [0.15, 0.2) is 0 Å². The number of amides is 1. The van der Waals surface area contributed by atoms with Crippen molar-refractivity contribution in [2.24, 2.45) is 0 Å². The van der Waals surface area contributed by atoms with Crippen molar-refractivity contribution in [3.05, 3.63) is 106 Å². The summed E-state index contributed by atoms with van der Waals surface area (Å²) in [4.78, 5) is 27.0. The highest BCUT2D eigenvalue weighted by molar-refractivity contribution is 6.30. The van der Waals surface area contributed by atoms with Gasteiger partial charge in [0.1, 0.15) is 5.78 Å². The Kier molecular flexibility index (Phi) is 8.21. The van der Waals surface area contributed by atoms with Crippen molar-refractivity contribution in [1.29, 1.82) is 0 Å². The number of Topliss-reactive ketones (excluding diaryl/α,β-unsaturated/α-hetero) is 1. The molecule has 0 heterocycles. The number of benzene rings is 3. The number of ketones is 1. The van der Waals surface area contributed by atoms with Gasteiger partial charge in [0, 0.05) is 42.5 Å². The van der Waals surface area contributed by atoms with Crippen LogP contribution in [0, 0.1) is 0 Å². The van der Waals surface area contributed by atoms with Crippen molar-refractivity contribution < 1.29 is 18.4 Å². The average molecular weight is 484 g/mol. The predicted octanol–water partition coefficient (Wildman–Crippen LogP) is 7.03. The molecule has 6 heteroatoms. The van der Waals surface area contributed by atoms with E-state index in [4.69, 9.17) is 11.6 Å². The summed E-state index contributed by atoms with van der Waals surface area (Å²) in [5.74, 6) is -3.01. The van der Waals surface area contributed by atoms with Gasteiger partial charge in [-0.1, -0.05) is 67.1 Å². The number of rotatable bonds is 9. The quantitative estimate of drug-likeness (QED) is 0.327. The SMILES string of the molecule is CCC(F)(F)c1ccc(CC(=O)Cc2ccc(C(=O)N(C)[C@H](C)c3ccc(Cl)cc3)cc2)cc1. The average Bonchev–Trinajstić information content (AvgIpc) is 2.84. The van der Waals surface area contributed by atoms with E-state index >= 15 is 0 Å². The molecule has 0 aromatic heterocycles. The van der Waals surface area contributed by atoms with E-state index in [1.165, 1.54) is 19.1 Å². The van der Waals surface area contributed by atoms with Crippen LogP contribution < -0.4 is 0 Å². The minimum absolute atomic E-state index is 0.0254. The molecule has 0 N–H and O–H groups in total. The van der Waals surface area contributed by atoms with Crippen LogP contribution in [0.5, 0.6) is 0 Å². The van der Waals surface area contributed by atoms with Gasteiger partial charge in [0.05, 0.1) is 6.04 Å². The number of hydrogen-bond acceptors (Lipinski definition) is 2. The molecule has 0 unspecified atom stereocenters. The lowest BCUT2D eigenvalue weighted by Gasteiger charge is -2.25. The lowest BCUT2D eigenvalue weighted by atomic mass is 9.99. The maximum atomic E-state index is 13.8. The van der Waals surface area contributed by atoms with Gasteiger partial charge in [-0.15, -0.1) is 0 Å². The lowest BCUT2D eigenvalue weighted by Crippen LogP contribution is -2.29. The normalized spacial score (nSPS) is 12.3. The highest BCUT2D eigenvalue weighted by Gasteiger charge is 2.28. The minimum Gasteiger partial charge on any atom is -0.335 e. The van der Waals surface area contributed by atoms with Crippen LogP contribution in [0.1, 0.15) is 58.9 Å². The minimum atomic E-state index is -2.86. The molecule has 1 atom stereocenters. The molecule has 3 aromatic rings. The Hall–Kier alpha value is -3.05. The van der Waals surface area contributed by atoms with Crippen LogP contribution >= 0.6 is 11.6 Å². The van der Waals surface area contributed by atoms with Crippen LogP contribution in [0.15, 0.2) is 72.8 Å². The first-order valence-electron chi connectivity index (χ1n) is 11.2. The molecule has 0 spiro atoms. The van der Waals surface area contributed by atoms with Gasteiger partial charge in [-0.3, -0.25) is 9.59 Å². The first-order chi connectivity index (χ1) is 16.1. The molecule has 0 fully saturated rings. The fourth-order valence-corrected chi connectivity index (χ4v) is 3.82. The second-order valence-electron chi connectivity index (χ2n) is 8.49. The topological polar surface area (TPSA) is 37.4 Å². The highest BCUT2D eigenvalue weighted by Crippen LogP contribution is 2.31. The van der Waals surface area contributed by atoms with E-state index in [2.05, 4.69) is 0 Å². The molecule has 0 aliphatic carbocycles. The van der Waals surface area contributed by atoms with E-state index in [0.717, 1.165) is 11.1 Å². The molecule has 0 aliphatic rings. The molecular formula is C28H28ClF2NO2. The largest absolute Gasteiger partial charge is 0.335 e. The summed E-state index contributed by atoms with van der Waals surface area (Å²) in [6.07, 6.45) is 0.109. The van der Waals surface area contributed by atoms with Crippen LogP contribution in [0.25, 0.3) is 0 Å². The van der Waals surface area contributed by atoms with Gasteiger partial charge in [-0.2, -0.15) is 0 Å². The summed E-state index contributed by atoms with van der Waals surface area (Å²) in [5.41, 5.74) is 2.97. The maximum Gasteiger partial charge on any atom is 0.273 e. The molecule has 0 bridgehead atoms. The van der Waals surface area contributed by atoms with E-state index in [-0.39, 0.29) is 42.6 Å². The second kappa shape index (κ2) is 10.9. The van der Waals surface area contributed by atoms with E-state index in [1.54, 1.807) is 60.5 Å². The second-order valence-corrected chi connectivity index (χ2v) is 8.92. The van der Waals surface area contributed by atoms with Crippen LogP contribution in [-0.4, -0.2) is 23.6 Å². The molecule has 178 valence electrons. The Morgan fingerprint density at radius 1 is 0.882 bits per heavy atom. The van der Waals surface area contributed by atoms with Gasteiger partial charge in [0.25, 0.3) is 11.8 Å². The number of hydrogen-bond donors (Lipinski definition) is 0. The van der Waals surface area contributed by atoms with Crippen LogP contribution in [0.4, 0.5) is 8.78 Å². The van der Waals surface area contributed by atoms with E-state index < -0.39 is 5.92 Å². The fraction of sp³-hybridized carbons (Fsp3) is 0.286. The number of halogens is 3. The molecule has 1 amide bonds. The Bertz CT molecular complexity index is 1130. The molecule has 0 saturated carbocycles. The molecule has 0 aliphatic heterocycles. The number of nitrogens with zero attached hydrogens (tertiary/aromatic N) is 1. The zero-order valence-electron chi connectivity index (χ0n) is 19.5. The summed E-state index contributed by atoms with van der Waals surface area (Å²) in [6, 6.07) is 20.2. The number of carbonyl (C=O) groups excluding carboxylic acids is 2. The summed E-state index contributed by atoms with van der Waals surface area (Å²) < 4.78 is 27.5. The van der Waals surface area contributed by atoms with Gasteiger partial charge < -0.3 is 4.90 Å². The van der Waals surface area contributed by atoms with Crippen LogP contribution in [0.2, 0.25) is 5.02 Å². The Morgan fingerprint density at radius 3 is 1.88 bits per heavy atom. The molecule has 34 heavy (non-hydrogen) atoms. The van der Waals surface area contributed by atoms with Crippen LogP contribution in [-0.2, 0) is 23.6 Å². The van der Waals surface area contributed by atoms with E-state index in [1.807, 2.05) is 19.1 Å². The van der Waals surface area contributed by atoms with Crippen molar-refractivity contribution in [1.82, 2.24) is 4.90 Å². The molecule has 3 nitrogen and oxygen atoms in total. The first-order valence-corrected chi connectivity index (χ1v) is 11.6. The van der Waals surface area contributed by atoms with Gasteiger partial charge >= 0.3 is 0 Å². The van der Waals surface area contributed by atoms with Crippen molar-refractivity contribution in [2.45, 2.75) is 45.1 Å². The van der Waals surface area contributed by atoms with Crippen molar-refractivity contribution in [3.63, 3.8) is 0 Å². The zero-order valence-corrected chi connectivity index (χ0v) is 20.3. The van der Waals surface area contributed by atoms with Crippen molar-refractivity contribution in [2.75, 3.05) is 7.05 Å². The summed E-state index contributed by atoms with van der Waals surface area (Å²) in [6.45, 7) is 3.39. The predicted molar refractivity (Wildman–Crippen MR) is 131 cm³/mol. The fourth-order valence-electron chi connectivity index (χ4n) is 3.70. The molecular weight excluding hydrogens is 456 g/mol. The smallest absolute Gasteiger partial charge is 0.273 e. The molecule has 0 radical (unpaired) electrons. The maximum absolute atomic E-state index is 13.8. The monoisotopic (exact) mass is 483 g/mol. The number of carbonyl (C=O) groups is 2. The zero-order chi connectivity index (χ0) is 24.9. The molecule has 3 aromatic carbocycles. The molecule has 0 saturated heterocycles. The van der Waals surface area contributed by atoms with E-state index in [0.29, 0.717) is 16.1 Å². The standard InChI is InChI=1S/C28H28ClF2NO2/c1-4-28(30,31)24-13-7-21(8-14-24)18-26(33)17-20-5-9-23(10-6-20)27(34)32(3)19(2)22-11-15-25(29)16-12-22/h5-16,19H,4,17-18H2,1-3H3/t19-/m1/s1. The Labute approximate surface area is 204 Å². The van der Waals surface area contributed by atoms with E-state index in [9.17, 15) is 18.4 Å². The van der Waals surface area contributed by atoms with Gasteiger partial charge in [0.2, 0.25) is 0 Å². The third-order valence-corrected chi connectivity index (χ3v) is 6.33. The van der Waals surface area contributed by atoms with Gasteiger partial charge in [-0.05, 0) is 47.9 Å². The lowest BCUT2D eigenvalue weighted by molar-refractivity contribution is -0.117. The third kappa shape index (κ3) is 6.29. The van der Waals surface area contributed by atoms with Crippen molar-refractivity contribution in [3.8, 4) is 0 Å². The summed E-state index contributed by atoms with van der Waals surface area (Å²) >= 11 is 5.95. The third-order valence-electron chi connectivity index (χ3n) is 6.08. The van der Waals surface area contributed by atoms with Crippen molar-refractivity contribution >= 4 is 23.3 Å². The Balaban J connectivity index is 1.59. The molecule has 3 rings (SSSR count). The van der Waals surface area contributed by atoms with Gasteiger partial charge in [-0.25, -0.2) is 8.78 Å². The Morgan fingerprint density at radius 2 is 1.38 bits per heavy atom. The summed E-state index contributed by atoms with van der Waals surface area (Å²) in [7, 11) is 1.75.